The minimum Gasteiger partial charge on any atom is -0.466 e. The van der Waals surface area contributed by atoms with Gasteiger partial charge in [-0.2, -0.15) is 0 Å². The van der Waals surface area contributed by atoms with Gasteiger partial charge in [-0.25, -0.2) is 4.79 Å². The standard InChI is InChI=1S/C19H22N2O2/c1-23-17(22)9-8-13-5-4-11-21-12-10-15-14-6-2-3-7-16(14)20-18(15)19(13)21/h2-3,6-9,13,19-20H,4-5,10-12H2,1H3/b9-8+/t13-,19-/m0/s1. The van der Waals surface area contributed by atoms with Crippen LogP contribution in [0.2, 0.25) is 0 Å². The Kier molecular flexibility index (Phi) is 3.69. The molecular weight excluding hydrogens is 288 g/mol. The predicted octanol–water partition coefficient (Wildman–Crippen LogP) is 3.21. The quantitative estimate of drug-likeness (QED) is 0.684. The van der Waals surface area contributed by atoms with Gasteiger partial charge in [0, 0.05) is 29.2 Å². The number of carbonyl (C=O) groups is 1. The van der Waals surface area contributed by atoms with Gasteiger partial charge in [0.05, 0.1) is 13.2 Å². The summed E-state index contributed by atoms with van der Waals surface area (Å²) < 4.78 is 4.75. The highest BCUT2D eigenvalue weighted by molar-refractivity contribution is 5.85. The molecule has 2 atom stereocenters. The van der Waals surface area contributed by atoms with E-state index in [1.165, 1.54) is 35.7 Å². The zero-order valence-electron chi connectivity index (χ0n) is 13.4. The maximum absolute atomic E-state index is 11.5. The number of nitrogens with zero attached hydrogens (tertiary/aromatic N) is 1. The Labute approximate surface area is 136 Å². The van der Waals surface area contributed by atoms with Gasteiger partial charge in [0.2, 0.25) is 0 Å². The molecule has 0 saturated carbocycles. The van der Waals surface area contributed by atoms with Gasteiger partial charge in [0.1, 0.15) is 0 Å². The van der Waals surface area contributed by atoms with E-state index >= 15 is 0 Å². The van der Waals surface area contributed by atoms with Crippen molar-refractivity contribution < 1.29 is 9.53 Å². The summed E-state index contributed by atoms with van der Waals surface area (Å²) >= 11 is 0. The van der Waals surface area contributed by atoms with E-state index in [0.717, 1.165) is 25.9 Å². The third-order valence-corrected chi connectivity index (χ3v) is 5.25. The van der Waals surface area contributed by atoms with Crippen LogP contribution >= 0.6 is 0 Å². The van der Waals surface area contributed by atoms with Crippen molar-refractivity contribution >= 4 is 16.9 Å². The first-order chi connectivity index (χ1) is 11.3. The Bertz CT molecular complexity index is 762. The first-order valence-electron chi connectivity index (χ1n) is 8.37. The second-order valence-electron chi connectivity index (χ2n) is 6.48. The molecule has 0 radical (unpaired) electrons. The molecule has 2 aromatic rings. The summed E-state index contributed by atoms with van der Waals surface area (Å²) in [5, 5.41) is 1.35. The molecule has 2 aliphatic heterocycles. The number of methoxy groups -OCH3 is 1. The largest absolute Gasteiger partial charge is 0.466 e. The Morgan fingerprint density at radius 1 is 1.35 bits per heavy atom. The molecule has 23 heavy (non-hydrogen) atoms. The van der Waals surface area contributed by atoms with Crippen LogP contribution in [-0.2, 0) is 16.0 Å². The predicted molar refractivity (Wildman–Crippen MR) is 90.2 cm³/mol. The van der Waals surface area contributed by atoms with Crippen molar-refractivity contribution in [2.24, 2.45) is 5.92 Å². The number of aromatic nitrogens is 1. The van der Waals surface area contributed by atoms with Crippen LogP contribution in [0.15, 0.2) is 36.4 Å². The summed E-state index contributed by atoms with van der Waals surface area (Å²) in [7, 11) is 1.43. The van der Waals surface area contributed by atoms with Crippen LogP contribution in [0.3, 0.4) is 0 Å². The molecule has 1 N–H and O–H groups in total. The summed E-state index contributed by atoms with van der Waals surface area (Å²) in [5.74, 6) is 0.0877. The van der Waals surface area contributed by atoms with E-state index in [1.54, 1.807) is 6.08 Å². The molecular formula is C19H22N2O2. The van der Waals surface area contributed by atoms with E-state index in [9.17, 15) is 4.79 Å². The van der Waals surface area contributed by atoms with E-state index in [4.69, 9.17) is 4.74 Å². The molecule has 2 aliphatic rings. The van der Waals surface area contributed by atoms with Crippen molar-refractivity contribution in [3.05, 3.63) is 47.7 Å². The van der Waals surface area contributed by atoms with Crippen molar-refractivity contribution in [2.45, 2.75) is 25.3 Å². The molecule has 3 heterocycles. The number of fused-ring (bicyclic) bond motifs is 5. The molecule has 0 unspecified atom stereocenters. The highest BCUT2D eigenvalue weighted by Crippen LogP contribution is 2.42. The number of rotatable bonds is 2. The minimum atomic E-state index is -0.269. The highest BCUT2D eigenvalue weighted by atomic mass is 16.5. The van der Waals surface area contributed by atoms with Gasteiger partial charge < -0.3 is 9.72 Å². The minimum absolute atomic E-state index is 0.269. The van der Waals surface area contributed by atoms with Crippen LogP contribution in [0, 0.1) is 5.92 Å². The number of esters is 1. The summed E-state index contributed by atoms with van der Waals surface area (Å²) in [6.07, 6.45) is 7.03. The number of H-pyrrole nitrogens is 1. The lowest BCUT2D eigenvalue weighted by Crippen LogP contribution is -2.42. The molecule has 0 spiro atoms. The van der Waals surface area contributed by atoms with Crippen LogP contribution in [-0.4, -0.2) is 36.1 Å². The van der Waals surface area contributed by atoms with E-state index in [-0.39, 0.29) is 5.97 Å². The molecule has 0 aliphatic carbocycles. The number of aromatic amines is 1. The van der Waals surface area contributed by atoms with Crippen molar-refractivity contribution in [3.8, 4) is 0 Å². The maximum atomic E-state index is 11.5. The van der Waals surface area contributed by atoms with Crippen molar-refractivity contribution in [3.63, 3.8) is 0 Å². The SMILES string of the molecule is COC(=O)/C=C/[C@@H]1CCCN2CCc3c([nH]c4ccccc34)[C@H]12. The average Bonchev–Trinajstić information content (AvgIpc) is 2.98. The lowest BCUT2D eigenvalue weighted by Gasteiger charge is -2.43. The fraction of sp³-hybridized carbons (Fsp3) is 0.421. The molecule has 4 nitrogen and oxygen atoms in total. The monoisotopic (exact) mass is 310 g/mol. The highest BCUT2D eigenvalue weighted by Gasteiger charge is 2.37. The van der Waals surface area contributed by atoms with Crippen molar-refractivity contribution in [2.75, 3.05) is 20.2 Å². The molecule has 1 aromatic carbocycles. The first-order valence-corrected chi connectivity index (χ1v) is 8.37. The third-order valence-electron chi connectivity index (χ3n) is 5.25. The lowest BCUT2D eigenvalue weighted by molar-refractivity contribution is -0.134. The van der Waals surface area contributed by atoms with E-state index < -0.39 is 0 Å². The third kappa shape index (κ3) is 2.47. The smallest absolute Gasteiger partial charge is 0.330 e. The van der Waals surface area contributed by atoms with E-state index in [1.807, 2.05) is 6.08 Å². The first kappa shape index (κ1) is 14.5. The van der Waals surface area contributed by atoms with Gasteiger partial charge in [-0.1, -0.05) is 24.3 Å². The number of piperidine rings is 1. The summed E-state index contributed by atoms with van der Waals surface area (Å²) in [5.41, 5.74) is 4.03. The Hall–Kier alpha value is -2.07. The molecule has 4 heteroatoms. The van der Waals surface area contributed by atoms with Crippen LogP contribution in [0.5, 0.6) is 0 Å². The zero-order chi connectivity index (χ0) is 15.8. The fourth-order valence-electron chi connectivity index (χ4n) is 4.22. The molecule has 1 aromatic heterocycles. The number of ether oxygens (including phenoxy) is 1. The lowest BCUT2D eigenvalue weighted by atomic mass is 9.82. The van der Waals surface area contributed by atoms with Gasteiger partial charge in [0.15, 0.2) is 0 Å². The number of hydrogen-bond acceptors (Lipinski definition) is 3. The van der Waals surface area contributed by atoms with E-state index in [0.29, 0.717) is 12.0 Å². The van der Waals surface area contributed by atoms with Crippen molar-refractivity contribution in [1.29, 1.82) is 0 Å². The molecule has 120 valence electrons. The Morgan fingerprint density at radius 3 is 3.09 bits per heavy atom. The molecule has 0 bridgehead atoms. The number of para-hydroxylation sites is 1. The van der Waals surface area contributed by atoms with Crippen LogP contribution in [0.25, 0.3) is 10.9 Å². The fourth-order valence-corrected chi connectivity index (χ4v) is 4.22. The second kappa shape index (κ2) is 5.85. The zero-order valence-corrected chi connectivity index (χ0v) is 13.4. The average molecular weight is 310 g/mol. The maximum Gasteiger partial charge on any atom is 0.330 e. The van der Waals surface area contributed by atoms with Crippen LogP contribution in [0.4, 0.5) is 0 Å². The number of benzene rings is 1. The van der Waals surface area contributed by atoms with Crippen molar-refractivity contribution in [1.82, 2.24) is 9.88 Å². The summed E-state index contributed by atoms with van der Waals surface area (Å²) in [6.45, 7) is 2.24. The van der Waals surface area contributed by atoms with Crippen LogP contribution in [0.1, 0.15) is 30.1 Å². The summed E-state index contributed by atoms with van der Waals surface area (Å²) in [6, 6.07) is 8.90. The topological polar surface area (TPSA) is 45.3 Å². The molecule has 1 fully saturated rings. The number of nitrogens with one attached hydrogen (secondary N) is 1. The second-order valence-corrected chi connectivity index (χ2v) is 6.48. The van der Waals surface area contributed by atoms with Crippen LogP contribution < -0.4 is 0 Å². The normalized spacial score (nSPS) is 24.6. The van der Waals surface area contributed by atoms with Gasteiger partial charge >= 0.3 is 5.97 Å². The number of hydrogen-bond donors (Lipinski definition) is 1. The van der Waals surface area contributed by atoms with Gasteiger partial charge in [-0.15, -0.1) is 0 Å². The Balaban J connectivity index is 1.75. The van der Waals surface area contributed by atoms with Gasteiger partial charge in [-0.3, -0.25) is 4.90 Å². The molecule has 0 amide bonds. The summed E-state index contributed by atoms with van der Waals surface area (Å²) in [4.78, 5) is 17.7. The van der Waals surface area contributed by atoms with E-state index in [2.05, 4.69) is 34.1 Å². The molecule has 1 saturated heterocycles. The van der Waals surface area contributed by atoms with Gasteiger partial charge in [-0.05, 0) is 43.4 Å². The van der Waals surface area contributed by atoms with Gasteiger partial charge in [0.25, 0.3) is 0 Å². The number of carbonyl (C=O) groups excluding carboxylic acids is 1. The molecule has 4 rings (SSSR count). The Morgan fingerprint density at radius 2 is 2.22 bits per heavy atom.